The highest BCUT2D eigenvalue weighted by Gasteiger charge is 2.45. The molecule has 2 aromatic carbocycles. The highest BCUT2D eigenvalue weighted by molar-refractivity contribution is 6.46. The van der Waals surface area contributed by atoms with Gasteiger partial charge < -0.3 is 25.5 Å². The lowest BCUT2D eigenvalue weighted by Crippen LogP contribution is -2.36. The molecular formula is C21H21FN2O5. The van der Waals surface area contributed by atoms with Gasteiger partial charge in [-0.25, -0.2) is 4.39 Å². The molecule has 0 spiro atoms. The van der Waals surface area contributed by atoms with Crippen LogP contribution in [0.25, 0.3) is 5.76 Å². The number of phenolic OH excluding ortho intramolecular Hbond substituents is 1. The number of aromatic hydroxyl groups is 1. The summed E-state index contributed by atoms with van der Waals surface area (Å²) in [6.07, 6.45) is 0. The van der Waals surface area contributed by atoms with Crippen molar-refractivity contribution in [3.05, 3.63) is 71.0 Å². The first kappa shape index (κ1) is 20.5. The average Bonchev–Trinajstić information content (AvgIpc) is 2.96. The largest absolute Gasteiger partial charge is 0.508 e. The molecule has 8 heteroatoms. The Morgan fingerprint density at radius 2 is 1.83 bits per heavy atom. The summed E-state index contributed by atoms with van der Waals surface area (Å²) in [6.45, 7) is 0.722. The highest BCUT2D eigenvalue weighted by atomic mass is 19.1. The summed E-state index contributed by atoms with van der Waals surface area (Å²) in [5.74, 6) is -2.60. The number of aliphatic hydroxyl groups is 2. The molecule has 2 aromatic rings. The van der Waals surface area contributed by atoms with Gasteiger partial charge in [0.25, 0.3) is 11.7 Å². The Balaban J connectivity index is 2.07. The molecule has 29 heavy (non-hydrogen) atoms. The van der Waals surface area contributed by atoms with Crippen molar-refractivity contribution >= 4 is 17.4 Å². The standard InChI is InChI=1S/C21H21FN2O5/c22-15-6-4-13(5-7-15)19(27)17-18(14-2-1-3-16(26)12-14)24(21(29)20(17)28)10-8-23-9-11-25/h1-7,12,18,23,25-27H,8-11H2/t18-/m0/s1. The number of ketones is 1. The predicted octanol–water partition coefficient (Wildman–Crippen LogP) is 1.53. The van der Waals surface area contributed by atoms with Crippen LogP contribution in [0.2, 0.25) is 0 Å². The summed E-state index contributed by atoms with van der Waals surface area (Å²) in [6, 6.07) is 10.1. The number of amides is 1. The van der Waals surface area contributed by atoms with Gasteiger partial charge in [0.2, 0.25) is 0 Å². The number of phenols is 1. The number of likely N-dealkylation sites (tertiary alicyclic amines) is 1. The molecule has 0 unspecified atom stereocenters. The second kappa shape index (κ2) is 8.85. The van der Waals surface area contributed by atoms with Crippen LogP contribution in [0.3, 0.4) is 0 Å². The average molecular weight is 400 g/mol. The van der Waals surface area contributed by atoms with Gasteiger partial charge >= 0.3 is 0 Å². The van der Waals surface area contributed by atoms with Crippen molar-refractivity contribution in [2.24, 2.45) is 0 Å². The Labute approximate surface area is 166 Å². The minimum absolute atomic E-state index is 0.0479. The van der Waals surface area contributed by atoms with Gasteiger partial charge in [-0.3, -0.25) is 9.59 Å². The van der Waals surface area contributed by atoms with E-state index in [1.165, 1.54) is 29.2 Å². The van der Waals surface area contributed by atoms with Gasteiger partial charge in [0.15, 0.2) is 0 Å². The van der Waals surface area contributed by atoms with Crippen molar-refractivity contribution in [1.29, 1.82) is 0 Å². The normalized spacial score (nSPS) is 18.4. The number of nitrogens with zero attached hydrogens (tertiary/aromatic N) is 1. The third kappa shape index (κ3) is 4.28. The molecule has 0 saturated carbocycles. The zero-order chi connectivity index (χ0) is 21.0. The van der Waals surface area contributed by atoms with Crippen molar-refractivity contribution in [1.82, 2.24) is 10.2 Å². The number of Topliss-reactive ketones (excluding diaryl/α,β-unsaturated/α-hetero) is 1. The van der Waals surface area contributed by atoms with Crippen LogP contribution in [-0.2, 0) is 9.59 Å². The molecule has 1 atom stereocenters. The Morgan fingerprint density at radius 3 is 2.48 bits per heavy atom. The molecular weight excluding hydrogens is 379 g/mol. The minimum Gasteiger partial charge on any atom is -0.508 e. The molecule has 4 N–H and O–H groups in total. The van der Waals surface area contributed by atoms with Crippen LogP contribution in [0.15, 0.2) is 54.1 Å². The number of benzene rings is 2. The molecule has 1 saturated heterocycles. The Kier molecular flexibility index (Phi) is 6.26. The van der Waals surface area contributed by atoms with Gasteiger partial charge in [-0.15, -0.1) is 0 Å². The van der Waals surface area contributed by atoms with Crippen LogP contribution in [-0.4, -0.2) is 58.2 Å². The number of halogens is 1. The summed E-state index contributed by atoms with van der Waals surface area (Å²) in [4.78, 5) is 26.7. The maximum atomic E-state index is 13.2. The van der Waals surface area contributed by atoms with Gasteiger partial charge in [-0.05, 0) is 42.0 Å². The van der Waals surface area contributed by atoms with E-state index >= 15 is 0 Å². The van der Waals surface area contributed by atoms with E-state index < -0.39 is 29.3 Å². The first-order chi connectivity index (χ1) is 13.9. The van der Waals surface area contributed by atoms with E-state index in [0.717, 1.165) is 12.1 Å². The SMILES string of the molecule is O=C1C(=O)N(CCNCCO)[C@@H](c2cccc(O)c2)C1=C(O)c1ccc(F)cc1. The van der Waals surface area contributed by atoms with Crippen LogP contribution in [0.4, 0.5) is 4.39 Å². The highest BCUT2D eigenvalue weighted by Crippen LogP contribution is 2.39. The lowest BCUT2D eigenvalue weighted by Gasteiger charge is -2.25. The Hall–Kier alpha value is -3.23. The number of rotatable bonds is 7. The second-order valence-corrected chi connectivity index (χ2v) is 6.57. The molecule has 0 radical (unpaired) electrons. The smallest absolute Gasteiger partial charge is 0.295 e. The van der Waals surface area contributed by atoms with E-state index in [9.17, 15) is 24.2 Å². The predicted molar refractivity (Wildman–Crippen MR) is 103 cm³/mol. The number of hydrogen-bond acceptors (Lipinski definition) is 6. The molecule has 3 rings (SSSR count). The maximum absolute atomic E-state index is 13.2. The summed E-state index contributed by atoms with van der Waals surface area (Å²) in [7, 11) is 0. The Bertz CT molecular complexity index is 942. The van der Waals surface area contributed by atoms with E-state index in [2.05, 4.69) is 5.32 Å². The quantitative estimate of drug-likeness (QED) is 0.243. The lowest BCUT2D eigenvalue weighted by atomic mass is 9.95. The molecule has 1 aliphatic heterocycles. The van der Waals surface area contributed by atoms with Crippen molar-refractivity contribution in [3.8, 4) is 5.75 Å². The molecule has 152 valence electrons. The van der Waals surface area contributed by atoms with E-state index in [0.29, 0.717) is 18.7 Å². The summed E-state index contributed by atoms with van der Waals surface area (Å²) in [5.41, 5.74) is 0.525. The number of hydrogen-bond donors (Lipinski definition) is 4. The third-order valence-corrected chi connectivity index (χ3v) is 4.66. The van der Waals surface area contributed by atoms with Crippen LogP contribution in [0.5, 0.6) is 5.75 Å². The first-order valence-corrected chi connectivity index (χ1v) is 9.09. The molecule has 0 aliphatic carbocycles. The fourth-order valence-electron chi connectivity index (χ4n) is 3.32. The zero-order valence-corrected chi connectivity index (χ0v) is 15.5. The zero-order valence-electron chi connectivity index (χ0n) is 15.5. The van der Waals surface area contributed by atoms with E-state index in [1.54, 1.807) is 12.1 Å². The summed E-state index contributed by atoms with van der Waals surface area (Å²) >= 11 is 0. The monoisotopic (exact) mass is 400 g/mol. The molecule has 1 fully saturated rings. The minimum atomic E-state index is -0.914. The van der Waals surface area contributed by atoms with Gasteiger partial charge in [-0.2, -0.15) is 0 Å². The lowest BCUT2D eigenvalue weighted by molar-refractivity contribution is -0.139. The first-order valence-electron chi connectivity index (χ1n) is 9.09. The van der Waals surface area contributed by atoms with Gasteiger partial charge in [0.05, 0.1) is 18.2 Å². The number of nitrogens with one attached hydrogen (secondary N) is 1. The summed E-state index contributed by atoms with van der Waals surface area (Å²) in [5, 5.41) is 32.5. The van der Waals surface area contributed by atoms with Crippen molar-refractivity contribution in [2.75, 3.05) is 26.2 Å². The number of carbonyl (C=O) groups excluding carboxylic acids is 2. The molecule has 0 bridgehead atoms. The summed E-state index contributed by atoms with van der Waals surface area (Å²) < 4.78 is 13.2. The van der Waals surface area contributed by atoms with Crippen molar-refractivity contribution in [3.63, 3.8) is 0 Å². The maximum Gasteiger partial charge on any atom is 0.295 e. The molecule has 1 heterocycles. The van der Waals surface area contributed by atoms with E-state index in [4.69, 9.17) is 5.11 Å². The van der Waals surface area contributed by atoms with E-state index in [1.807, 2.05) is 0 Å². The fourth-order valence-corrected chi connectivity index (χ4v) is 3.32. The fraction of sp³-hybridized carbons (Fsp3) is 0.238. The second-order valence-electron chi connectivity index (χ2n) is 6.57. The third-order valence-electron chi connectivity index (χ3n) is 4.66. The number of aliphatic hydroxyl groups excluding tert-OH is 2. The number of carbonyl (C=O) groups is 2. The van der Waals surface area contributed by atoms with Crippen LogP contribution in [0.1, 0.15) is 17.2 Å². The Morgan fingerprint density at radius 1 is 1.10 bits per heavy atom. The molecule has 0 aromatic heterocycles. The van der Waals surface area contributed by atoms with Gasteiger partial charge in [0.1, 0.15) is 17.3 Å². The van der Waals surface area contributed by atoms with E-state index in [-0.39, 0.29) is 30.0 Å². The van der Waals surface area contributed by atoms with Crippen molar-refractivity contribution < 1.29 is 29.3 Å². The molecule has 1 amide bonds. The van der Waals surface area contributed by atoms with Crippen molar-refractivity contribution in [2.45, 2.75) is 6.04 Å². The molecule has 7 nitrogen and oxygen atoms in total. The van der Waals surface area contributed by atoms with Crippen LogP contribution in [0, 0.1) is 5.82 Å². The molecule has 1 aliphatic rings. The van der Waals surface area contributed by atoms with Gasteiger partial charge in [-0.1, -0.05) is 12.1 Å². The van der Waals surface area contributed by atoms with Crippen LogP contribution >= 0.6 is 0 Å². The van der Waals surface area contributed by atoms with Gasteiger partial charge in [0, 0.05) is 25.2 Å². The topological polar surface area (TPSA) is 110 Å². The van der Waals surface area contributed by atoms with Crippen LogP contribution < -0.4 is 5.32 Å².